The topological polar surface area (TPSA) is 85.0 Å². The zero-order valence-electron chi connectivity index (χ0n) is 23.3. The Balaban J connectivity index is 1.57. The molecule has 1 amide bonds. The Morgan fingerprint density at radius 1 is 0.927 bits per heavy atom. The molecule has 6 nitrogen and oxygen atoms in total. The number of aromatic nitrogens is 3. The van der Waals surface area contributed by atoms with Gasteiger partial charge in [-0.3, -0.25) is 0 Å². The quantitative estimate of drug-likeness (QED) is 0.157. The van der Waals surface area contributed by atoms with Crippen molar-refractivity contribution in [2.24, 2.45) is 0 Å². The number of carbonyl (C=O) groups is 1. The van der Waals surface area contributed by atoms with E-state index in [1.165, 1.54) is 0 Å². The van der Waals surface area contributed by atoms with Gasteiger partial charge in [-0.25, -0.2) is 0 Å². The van der Waals surface area contributed by atoms with Crippen molar-refractivity contribution in [3.8, 4) is 0 Å². The molecule has 5 aromatic rings. The van der Waals surface area contributed by atoms with Crippen molar-refractivity contribution in [2.75, 3.05) is 10.6 Å². The molecule has 0 aliphatic rings. The first-order valence-corrected chi connectivity index (χ1v) is 17.1. The molecule has 208 valence electrons. The number of amides is 1. The van der Waals surface area contributed by atoms with E-state index in [9.17, 15) is 4.79 Å². The van der Waals surface area contributed by atoms with Crippen LogP contribution in [0.2, 0.25) is 0 Å². The van der Waals surface area contributed by atoms with Crippen LogP contribution in [0.1, 0.15) is 49.7 Å². The monoisotopic (exact) mass is 687 g/mol. The number of halogens is 1. The second-order valence-electron chi connectivity index (χ2n) is 10.2. The molecule has 0 bridgehead atoms. The number of pyridine rings is 1. The zero-order chi connectivity index (χ0) is 29.1. The van der Waals surface area contributed by atoms with E-state index in [1.54, 1.807) is 18.1 Å². The third-order valence-electron chi connectivity index (χ3n) is 6.54. The van der Waals surface area contributed by atoms with Crippen molar-refractivity contribution in [2.45, 2.75) is 49.4 Å². The molecule has 2 heterocycles. The molecule has 9 heteroatoms. The fourth-order valence-corrected chi connectivity index (χ4v) is 8.49. The van der Waals surface area contributed by atoms with Crippen LogP contribution in [0.3, 0.4) is 0 Å². The number of hydrogen-bond donors (Lipinski definition) is 1. The number of carbonyl (C=O) groups excluding carboxylic acids is 1. The molecule has 0 saturated carbocycles. The predicted molar refractivity (Wildman–Crippen MR) is 175 cm³/mol. The summed E-state index contributed by atoms with van der Waals surface area (Å²) in [5.41, 5.74) is 9.90. The average molecular weight is 689 g/mol. The van der Waals surface area contributed by atoms with Crippen LogP contribution in [-0.4, -0.2) is 42.7 Å². The van der Waals surface area contributed by atoms with Crippen LogP contribution in [0.25, 0.3) is 11.0 Å². The number of nitrogens with two attached hydrogens (primary N) is 1. The van der Waals surface area contributed by atoms with Crippen LogP contribution in [-0.2, 0) is 0 Å². The molecular weight excluding hydrogens is 657 g/mol. The van der Waals surface area contributed by atoms with Crippen molar-refractivity contribution in [3.05, 3.63) is 101 Å². The van der Waals surface area contributed by atoms with Crippen molar-refractivity contribution in [1.82, 2.24) is 15.0 Å². The van der Waals surface area contributed by atoms with Crippen LogP contribution in [0.4, 0.5) is 11.4 Å². The van der Waals surface area contributed by atoms with Gasteiger partial charge in [0.2, 0.25) is 0 Å². The summed E-state index contributed by atoms with van der Waals surface area (Å²) in [6.07, 6.45) is 1.61. The van der Waals surface area contributed by atoms with Gasteiger partial charge < -0.3 is 0 Å². The predicted octanol–water partition coefficient (Wildman–Crippen LogP) is 6.09. The first-order chi connectivity index (χ1) is 19.7. The molecular formula is C32H31AsBrN5OS. The summed E-state index contributed by atoms with van der Waals surface area (Å²) >= 11 is 4.22. The molecule has 0 aliphatic heterocycles. The number of fused-ring (bicyclic) bond motifs is 1. The summed E-state index contributed by atoms with van der Waals surface area (Å²) in [6.45, 7) is 8.32. The summed E-state index contributed by atoms with van der Waals surface area (Å²) in [5, 5.41) is 0.968. The van der Waals surface area contributed by atoms with Gasteiger partial charge in [-0.15, -0.1) is 0 Å². The van der Waals surface area contributed by atoms with Gasteiger partial charge in [-0.1, -0.05) is 0 Å². The van der Waals surface area contributed by atoms with Gasteiger partial charge in [-0.05, 0) is 0 Å². The van der Waals surface area contributed by atoms with Crippen molar-refractivity contribution < 1.29 is 4.79 Å². The van der Waals surface area contributed by atoms with Gasteiger partial charge in [0.05, 0.1) is 0 Å². The summed E-state index contributed by atoms with van der Waals surface area (Å²) in [5.74, 6) is 0.282. The second kappa shape index (κ2) is 12.8. The van der Waals surface area contributed by atoms with Gasteiger partial charge >= 0.3 is 261 Å². The molecule has 41 heavy (non-hydrogen) atoms. The molecule has 0 spiro atoms. The first kappa shape index (κ1) is 29.3. The van der Waals surface area contributed by atoms with Gasteiger partial charge in [0.25, 0.3) is 0 Å². The first-order valence-electron chi connectivity index (χ1n) is 13.3. The van der Waals surface area contributed by atoms with E-state index in [0.29, 0.717) is 17.1 Å². The molecule has 5 rings (SSSR count). The van der Waals surface area contributed by atoms with E-state index < -0.39 is 15.8 Å². The molecule has 1 unspecified atom stereocenters. The molecule has 2 N–H and O–H groups in total. The maximum atomic E-state index is 14.0. The number of nitrogen functional groups attached to an aromatic ring is 1. The Kier molecular flexibility index (Phi) is 9.12. The van der Waals surface area contributed by atoms with Crippen LogP contribution < -0.4 is 19.5 Å². The SMILES string of the molecule is CC(C)c1ccc2c([AsH]c3cc(C(=O)N(c4ccc(Br)cc4)C(C)C)ccc3Sc3ccc(N)cc3)ncnc2n1. The van der Waals surface area contributed by atoms with Gasteiger partial charge in [0, 0.05) is 0 Å². The van der Waals surface area contributed by atoms with E-state index >= 15 is 0 Å². The number of nitrogens with zero attached hydrogens (tertiary/aromatic N) is 4. The molecule has 0 fully saturated rings. The van der Waals surface area contributed by atoms with Crippen molar-refractivity contribution in [3.63, 3.8) is 0 Å². The normalized spacial score (nSPS) is 11.7. The summed E-state index contributed by atoms with van der Waals surface area (Å²) in [4.78, 5) is 32.0. The number of anilines is 2. The number of hydrogen-bond acceptors (Lipinski definition) is 6. The maximum absolute atomic E-state index is 14.0. The molecule has 3 aromatic carbocycles. The molecule has 1 atom stereocenters. The Morgan fingerprint density at radius 2 is 1.66 bits per heavy atom. The minimum atomic E-state index is -0.955. The van der Waals surface area contributed by atoms with Crippen LogP contribution in [0.15, 0.2) is 99.5 Å². The Hall–Kier alpha value is -3.19. The summed E-state index contributed by atoms with van der Waals surface area (Å²) in [7, 11) is 0. The average Bonchev–Trinajstić information content (AvgIpc) is 2.96. The fourth-order valence-electron chi connectivity index (χ4n) is 4.41. The fraction of sp³-hybridized carbons (Fsp3) is 0.188. The molecule has 0 saturated heterocycles. The molecule has 0 radical (unpaired) electrons. The summed E-state index contributed by atoms with van der Waals surface area (Å²) in [6, 6.07) is 25.9. The van der Waals surface area contributed by atoms with E-state index in [4.69, 9.17) is 15.7 Å². The van der Waals surface area contributed by atoms with Crippen LogP contribution in [0.5, 0.6) is 0 Å². The van der Waals surface area contributed by atoms with Crippen molar-refractivity contribution in [1.29, 1.82) is 0 Å². The Labute approximate surface area is 260 Å². The van der Waals surface area contributed by atoms with E-state index in [2.05, 4.69) is 59.0 Å². The molecule has 2 aromatic heterocycles. The third kappa shape index (κ3) is 6.83. The number of rotatable bonds is 8. The van der Waals surface area contributed by atoms with E-state index in [1.807, 2.05) is 73.3 Å². The minimum absolute atomic E-state index is 0.0148. The summed E-state index contributed by atoms with van der Waals surface area (Å²) < 4.78 is 3.10. The van der Waals surface area contributed by atoms with Crippen molar-refractivity contribution >= 4 is 80.6 Å². The Bertz CT molecular complexity index is 1690. The molecule has 0 aliphatic carbocycles. The van der Waals surface area contributed by atoms with Crippen LogP contribution >= 0.6 is 27.7 Å². The standard InChI is InChI=1S/C32H31AsBrN5OS/c1-19(2)28-15-14-26-30(36-18-37-31(26)38-28)33-27-17-21(5-16-29(27)41-25-12-8-23(35)9-13-25)32(40)39(20(3)4)24-10-6-22(34)7-11-24/h5-20,33H,35H2,1-4H3. The second-order valence-corrected chi connectivity index (χ2v) is 14.9. The Morgan fingerprint density at radius 3 is 2.34 bits per heavy atom. The van der Waals surface area contributed by atoms with Gasteiger partial charge in [-0.2, -0.15) is 0 Å². The zero-order valence-corrected chi connectivity index (χ0v) is 27.8. The number of benzene rings is 3. The van der Waals surface area contributed by atoms with E-state index in [-0.39, 0.29) is 11.9 Å². The van der Waals surface area contributed by atoms with Gasteiger partial charge in [0.15, 0.2) is 0 Å². The van der Waals surface area contributed by atoms with Gasteiger partial charge in [0.1, 0.15) is 0 Å². The van der Waals surface area contributed by atoms with E-state index in [0.717, 1.165) is 45.6 Å². The third-order valence-corrected chi connectivity index (χ3v) is 11.3. The van der Waals surface area contributed by atoms with Crippen LogP contribution in [0, 0.1) is 0 Å².